The van der Waals surface area contributed by atoms with Gasteiger partial charge in [0.1, 0.15) is 5.76 Å². The molecule has 1 aromatic carbocycles. The number of hydrogen-bond donors (Lipinski definition) is 1. The van der Waals surface area contributed by atoms with Crippen LogP contribution in [0.15, 0.2) is 47.1 Å². The summed E-state index contributed by atoms with van der Waals surface area (Å²) in [5, 5.41) is 3.38. The molecule has 176 valence electrons. The minimum Gasteiger partial charge on any atom is -0.465 e. The molecule has 3 aromatic rings. The number of amides is 1. The number of rotatable bonds is 5. The molecule has 1 fully saturated rings. The molecule has 9 heteroatoms. The molecule has 1 aliphatic heterocycles. The zero-order valence-corrected chi connectivity index (χ0v) is 19.5. The normalized spacial score (nSPS) is 22.1. The topological polar surface area (TPSA) is 116 Å². The third-order valence-corrected chi connectivity index (χ3v) is 8.19. The number of esters is 1. The third-order valence-electron chi connectivity index (χ3n) is 6.28. The maximum absolute atomic E-state index is 13.2. The maximum Gasteiger partial charge on any atom is 0.339 e. The molecule has 1 aliphatic carbocycles. The molecular formula is C25H24N2O6S. The number of nitrogens with one attached hydrogen (secondary N) is 1. The van der Waals surface area contributed by atoms with E-state index in [2.05, 4.69) is 5.32 Å². The van der Waals surface area contributed by atoms with Crippen molar-refractivity contribution in [3.05, 3.63) is 65.2 Å². The van der Waals surface area contributed by atoms with Gasteiger partial charge in [0.05, 0.1) is 40.1 Å². The van der Waals surface area contributed by atoms with E-state index in [9.17, 15) is 18.0 Å². The Morgan fingerprint density at radius 1 is 1.21 bits per heavy atom. The third kappa shape index (κ3) is 4.35. The number of carbonyl (C=O) groups excluding carboxylic acids is 2. The van der Waals surface area contributed by atoms with Gasteiger partial charge in [-0.15, -0.1) is 0 Å². The van der Waals surface area contributed by atoms with Crippen molar-refractivity contribution in [3.63, 3.8) is 0 Å². The van der Waals surface area contributed by atoms with Gasteiger partial charge in [0.15, 0.2) is 16.4 Å². The standard InChI is InChI=1S/C25H24N2O6S/c1-25(10-12-34(30,31)15-25)27-21(28)14-33-24(29)22-18-6-2-3-7-20(18)26-23-16(8-9-19(22)23)13-17-5-4-11-32-17/h2-7,11,13H,8-10,12,14-15H2,1H3,(H,27,28)/b16-13+. The molecule has 8 nitrogen and oxygen atoms in total. The number of benzene rings is 1. The molecule has 1 saturated heterocycles. The smallest absolute Gasteiger partial charge is 0.339 e. The molecule has 0 bridgehead atoms. The van der Waals surface area contributed by atoms with Gasteiger partial charge in [-0.1, -0.05) is 18.2 Å². The van der Waals surface area contributed by atoms with E-state index in [4.69, 9.17) is 14.1 Å². The van der Waals surface area contributed by atoms with Crippen molar-refractivity contribution in [2.45, 2.75) is 31.7 Å². The van der Waals surface area contributed by atoms with Gasteiger partial charge in [-0.25, -0.2) is 18.2 Å². The van der Waals surface area contributed by atoms with Crippen LogP contribution in [0.1, 0.15) is 47.1 Å². The molecule has 0 radical (unpaired) electrons. The van der Waals surface area contributed by atoms with Gasteiger partial charge in [-0.05, 0) is 61.6 Å². The summed E-state index contributed by atoms with van der Waals surface area (Å²) in [5.41, 5.74) is 2.71. The molecule has 0 spiro atoms. The minimum absolute atomic E-state index is 0.0343. The summed E-state index contributed by atoms with van der Waals surface area (Å²) in [5.74, 6) is -0.504. The van der Waals surface area contributed by atoms with E-state index in [1.54, 1.807) is 13.2 Å². The van der Waals surface area contributed by atoms with Gasteiger partial charge in [-0.3, -0.25) is 4.79 Å². The van der Waals surface area contributed by atoms with Crippen molar-refractivity contribution in [3.8, 4) is 0 Å². The van der Waals surface area contributed by atoms with Crippen molar-refractivity contribution >= 4 is 44.3 Å². The fourth-order valence-electron chi connectivity index (χ4n) is 4.74. The second-order valence-electron chi connectivity index (χ2n) is 9.04. The molecule has 3 heterocycles. The lowest BCUT2D eigenvalue weighted by Crippen LogP contribution is -2.48. The van der Waals surface area contributed by atoms with Crippen LogP contribution in [-0.4, -0.2) is 48.9 Å². The second kappa shape index (κ2) is 8.39. The fourth-order valence-corrected chi connectivity index (χ4v) is 6.84. The molecule has 1 unspecified atom stereocenters. The van der Waals surface area contributed by atoms with Gasteiger partial charge in [0.2, 0.25) is 0 Å². The summed E-state index contributed by atoms with van der Waals surface area (Å²) < 4.78 is 34.4. The lowest BCUT2D eigenvalue weighted by Gasteiger charge is -2.23. The van der Waals surface area contributed by atoms with Gasteiger partial charge in [-0.2, -0.15) is 0 Å². The summed E-state index contributed by atoms with van der Waals surface area (Å²) in [6, 6.07) is 11.0. The molecule has 1 N–H and O–H groups in total. The zero-order chi connectivity index (χ0) is 23.9. The van der Waals surface area contributed by atoms with Crippen LogP contribution in [0.4, 0.5) is 0 Å². The Morgan fingerprint density at radius 2 is 2.03 bits per heavy atom. The highest BCUT2D eigenvalue weighted by Crippen LogP contribution is 2.37. The first-order chi connectivity index (χ1) is 16.2. The van der Waals surface area contributed by atoms with Gasteiger partial charge in [0.25, 0.3) is 5.91 Å². The van der Waals surface area contributed by atoms with Crippen LogP contribution in [-0.2, 0) is 25.8 Å². The monoisotopic (exact) mass is 480 g/mol. The van der Waals surface area contributed by atoms with Crippen LogP contribution in [0.3, 0.4) is 0 Å². The Hall–Kier alpha value is -3.46. The number of ether oxygens (including phenoxy) is 1. The van der Waals surface area contributed by atoms with Crippen LogP contribution >= 0.6 is 0 Å². The summed E-state index contributed by atoms with van der Waals surface area (Å²) in [6.07, 6.45) is 5.18. The Balaban J connectivity index is 1.40. The molecule has 34 heavy (non-hydrogen) atoms. The van der Waals surface area contributed by atoms with Crippen LogP contribution in [0.25, 0.3) is 22.6 Å². The summed E-state index contributed by atoms with van der Waals surface area (Å²) in [6.45, 7) is 1.20. The minimum atomic E-state index is -3.17. The molecule has 5 rings (SSSR count). The maximum atomic E-state index is 13.2. The highest BCUT2D eigenvalue weighted by Gasteiger charge is 2.39. The average Bonchev–Trinajstić information content (AvgIpc) is 3.51. The number of aromatic nitrogens is 1. The van der Waals surface area contributed by atoms with E-state index in [-0.39, 0.29) is 11.5 Å². The Morgan fingerprint density at radius 3 is 2.76 bits per heavy atom. The summed E-state index contributed by atoms with van der Waals surface area (Å²) >= 11 is 0. The molecule has 0 saturated carbocycles. The van der Waals surface area contributed by atoms with Crippen molar-refractivity contribution < 1.29 is 27.2 Å². The summed E-state index contributed by atoms with van der Waals surface area (Å²) in [7, 11) is -3.17. The first kappa shape index (κ1) is 22.3. The first-order valence-corrected chi connectivity index (χ1v) is 12.9. The van der Waals surface area contributed by atoms with Crippen molar-refractivity contribution in [1.29, 1.82) is 0 Å². The highest BCUT2D eigenvalue weighted by atomic mass is 32.2. The van der Waals surface area contributed by atoms with Crippen LogP contribution in [0, 0.1) is 0 Å². The highest BCUT2D eigenvalue weighted by molar-refractivity contribution is 7.91. The number of para-hydroxylation sites is 1. The quantitative estimate of drug-likeness (QED) is 0.558. The molecule has 2 aromatic heterocycles. The first-order valence-electron chi connectivity index (χ1n) is 11.1. The largest absolute Gasteiger partial charge is 0.465 e. The average molecular weight is 481 g/mol. The van der Waals surface area contributed by atoms with Crippen molar-refractivity contribution in [1.82, 2.24) is 10.3 Å². The zero-order valence-electron chi connectivity index (χ0n) is 18.7. The molecule has 2 aliphatic rings. The van der Waals surface area contributed by atoms with E-state index in [1.807, 2.05) is 42.5 Å². The predicted molar refractivity (Wildman–Crippen MR) is 127 cm³/mol. The fraction of sp³-hybridized carbons (Fsp3) is 0.320. The Bertz CT molecular complexity index is 1430. The lowest BCUT2D eigenvalue weighted by atomic mass is 10.0. The van der Waals surface area contributed by atoms with E-state index in [0.29, 0.717) is 41.5 Å². The van der Waals surface area contributed by atoms with Crippen LogP contribution < -0.4 is 5.32 Å². The number of carbonyl (C=O) groups is 2. The predicted octanol–water partition coefficient (Wildman–Crippen LogP) is 3.16. The number of fused-ring (bicyclic) bond motifs is 2. The summed E-state index contributed by atoms with van der Waals surface area (Å²) in [4.78, 5) is 30.5. The SMILES string of the molecule is CC1(NC(=O)COC(=O)c2c3c(nc4ccccc24)/C(=C/c2ccco2)CC3)CCS(=O)(=O)C1. The van der Waals surface area contributed by atoms with Gasteiger partial charge in [0, 0.05) is 5.39 Å². The number of nitrogens with zero attached hydrogens (tertiary/aromatic N) is 1. The number of sulfone groups is 1. The van der Waals surface area contributed by atoms with Crippen molar-refractivity contribution in [2.75, 3.05) is 18.1 Å². The Labute approximate surface area is 196 Å². The van der Waals surface area contributed by atoms with Crippen LogP contribution in [0.5, 0.6) is 0 Å². The molecule has 1 atom stereocenters. The number of hydrogen-bond acceptors (Lipinski definition) is 7. The van der Waals surface area contributed by atoms with E-state index >= 15 is 0 Å². The van der Waals surface area contributed by atoms with E-state index in [0.717, 1.165) is 16.8 Å². The van der Waals surface area contributed by atoms with Crippen molar-refractivity contribution in [2.24, 2.45) is 0 Å². The van der Waals surface area contributed by atoms with Crippen LogP contribution in [0.2, 0.25) is 0 Å². The number of allylic oxidation sites excluding steroid dienone is 1. The lowest BCUT2D eigenvalue weighted by molar-refractivity contribution is -0.125. The van der Waals surface area contributed by atoms with E-state index < -0.39 is 33.9 Å². The second-order valence-corrected chi connectivity index (χ2v) is 11.2. The Kier molecular flexibility index (Phi) is 5.51. The van der Waals surface area contributed by atoms with Gasteiger partial charge < -0.3 is 14.5 Å². The number of pyridine rings is 1. The molecule has 1 amide bonds. The van der Waals surface area contributed by atoms with E-state index in [1.165, 1.54) is 0 Å². The van der Waals surface area contributed by atoms with Gasteiger partial charge >= 0.3 is 5.97 Å². The molecular weight excluding hydrogens is 456 g/mol. The number of furan rings is 1.